The van der Waals surface area contributed by atoms with E-state index in [1.165, 1.54) is 9.27 Å². The number of hydrogen-bond donors (Lipinski definition) is 0. The second kappa shape index (κ2) is 5.03. The topological polar surface area (TPSA) is 12.4 Å². The second-order valence-corrected chi connectivity index (χ2v) is 7.19. The van der Waals surface area contributed by atoms with E-state index in [2.05, 4.69) is 13.8 Å². The summed E-state index contributed by atoms with van der Waals surface area (Å²) in [5, 5.41) is 0.780. The highest BCUT2D eigenvalue weighted by atomic mass is 35.5. The van der Waals surface area contributed by atoms with Crippen molar-refractivity contribution in [2.24, 2.45) is 4.99 Å². The van der Waals surface area contributed by atoms with Crippen LogP contribution in [0, 0.1) is 0 Å². The van der Waals surface area contributed by atoms with Gasteiger partial charge in [0.05, 0.1) is 5.54 Å². The fourth-order valence-electron chi connectivity index (χ4n) is 1.38. The molecule has 1 heterocycles. The fourth-order valence-corrected chi connectivity index (χ4v) is 4.13. The predicted octanol–water partition coefficient (Wildman–Crippen LogP) is 4.70. The van der Waals surface area contributed by atoms with Gasteiger partial charge < -0.3 is 0 Å². The van der Waals surface area contributed by atoms with E-state index in [-0.39, 0.29) is 5.54 Å². The van der Waals surface area contributed by atoms with Crippen LogP contribution < -0.4 is 0 Å². The minimum atomic E-state index is 0.0972. The Labute approximate surface area is 110 Å². The smallest absolute Gasteiger partial charge is 0.129 e. The van der Waals surface area contributed by atoms with Crippen molar-refractivity contribution in [2.45, 2.75) is 30.7 Å². The Morgan fingerprint density at radius 3 is 2.62 bits per heavy atom. The summed E-state index contributed by atoms with van der Waals surface area (Å²) in [6, 6.07) is 7.92. The van der Waals surface area contributed by atoms with Crippen molar-refractivity contribution in [3.05, 3.63) is 29.3 Å². The second-order valence-electron chi connectivity index (χ2n) is 4.34. The number of hydrogen-bond acceptors (Lipinski definition) is 3. The largest absolute Gasteiger partial charge is 0.265 e. The molecular weight excluding hydrogens is 258 g/mol. The molecule has 0 atom stereocenters. The lowest BCUT2D eigenvalue weighted by Gasteiger charge is -2.25. The molecule has 0 spiro atoms. The lowest BCUT2D eigenvalue weighted by Crippen LogP contribution is -2.22. The van der Waals surface area contributed by atoms with E-state index in [1.807, 2.05) is 36.0 Å². The van der Waals surface area contributed by atoms with Crippen LogP contribution in [0.2, 0.25) is 5.02 Å². The molecule has 0 saturated carbocycles. The Morgan fingerprint density at radius 1 is 1.31 bits per heavy atom. The Balaban J connectivity index is 2.10. The maximum absolute atomic E-state index is 5.86. The summed E-state index contributed by atoms with van der Waals surface area (Å²) < 4.78 is 1.17. The van der Waals surface area contributed by atoms with Crippen molar-refractivity contribution in [1.29, 1.82) is 0 Å². The maximum Gasteiger partial charge on any atom is 0.129 e. The average molecular weight is 272 g/mol. The molecule has 0 unspecified atom stereocenters. The van der Waals surface area contributed by atoms with Crippen LogP contribution in [0.3, 0.4) is 0 Å². The fraction of sp³-hybridized carbons (Fsp3) is 0.417. The summed E-state index contributed by atoms with van der Waals surface area (Å²) in [5.41, 5.74) is 0.0972. The van der Waals surface area contributed by atoms with E-state index in [0.29, 0.717) is 0 Å². The minimum Gasteiger partial charge on any atom is -0.265 e. The highest BCUT2D eigenvalue weighted by Gasteiger charge is 2.22. The molecule has 1 nitrogen and oxygen atoms in total. The summed E-state index contributed by atoms with van der Waals surface area (Å²) in [5.74, 6) is 1.16. The molecular formula is C12H14ClNS2. The first-order valence-corrected chi connectivity index (χ1v) is 7.39. The van der Waals surface area contributed by atoms with Gasteiger partial charge in [-0.05, 0) is 44.5 Å². The van der Waals surface area contributed by atoms with E-state index in [4.69, 9.17) is 16.6 Å². The van der Waals surface area contributed by atoms with E-state index < -0.39 is 0 Å². The molecule has 0 N–H and O–H groups in total. The summed E-state index contributed by atoms with van der Waals surface area (Å²) >= 11 is 9.43. The zero-order valence-electron chi connectivity index (χ0n) is 9.37. The molecule has 1 aromatic carbocycles. The first-order valence-electron chi connectivity index (χ1n) is 5.21. The summed E-state index contributed by atoms with van der Waals surface area (Å²) in [6.45, 7) is 4.38. The highest BCUT2D eigenvalue weighted by molar-refractivity contribution is 8.38. The maximum atomic E-state index is 5.86. The number of benzene rings is 1. The number of nitrogens with zero attached hydrogens (tertiary/aromatic N) is 1. The molecule has 1 aliphatic rings. The van der Waals surface area contributed by atoms with Crippen molar-refractivity contribution in [3.8, 4) is 0 Å². The van der Waals surface area contributed by atoms with Gasteiger partial charge in [-0.3, -0.25) is 4.99 Å². The molecule has 0 radical (unpaired) electrons. The van der Waals surface area contributed by atoms with Gasteiger partial charge >= 0.3 is 0 Å². The van der Waals surface area contributed by atoms with Crippen molar-refractivity contribution in [1.82, 2.24) is 0 Å². The lowest BCUT2D eigenvalue weighted by atomic mass is 10.0. The summed E-state index contributed by atoms with van der Waals surface area (Å²) in [6.07, 6.45) is 1.16. The quantitative estimate of drug-likeness (QED) is 0.734. The zero-order valence-corrected chi connectivity index (χ0v) is 11.8. The molecule has 2 rings (SSSR count). The third kappa shape index (κ3) is 3.44. The third-order valence-electron chi connectivity index (χ3n) is 2.35. The monoisotopic (exact) mass is 271 g/mol. The molecule has 0 aliphatic carbocycles. The Kier molecular flexibility index (Phi) is 3.88. The van der Waals surface area contributed by atoms with Gasteiger partial charge in [-0.2, -0.15) is 0 Å². The van der Waals surface area contributed by atoms with Crippen LogP contribution in [-0.2, 0) is 0 Å². The average Bonchev–Trinajstić information content (AvgIpc) is 2.20. The molecule has 0 bridgehead atoms. The van der Waals surface area contributed by atoms with Crippen LogP contribution in [0.4, 0.5) is 0 Å². The molecule has 16 heavy (non-hydrogen) atoms. The molecule has 0 fully saturated rings. The van der Waals surface area contributed by atoms with E-state index in [1.54, 1.807) is 11.8 Å². The molecule has 0 amide bonds. The number of aliphatic imine (C=N–C) groups is 1. The van der Waals surface area contributed by atoms with Crippen molar-refractivity contribution in [3.63, 3.8) is 0 Å². The van der Waals surface area contributed by atoms with Gasteiger partial charge in [-0.25, -0.2) is 0 Å². The number of thioether (sulfide) groups is 2. The molecule has 0 saturated heterocycles. The standard InChI is InChI=1S/C12H14ClNS2/c1-12(2)7-8-15-11(14-12)16-10-5-3-9(13)4-6-10/h3-6H,7-8H2,1-2H3. The van der Waals surface area contributed by atoms with Crippen molar-refractivity contribution < 1.29 is 0 Å². The van der Waals surface area contributed by atoms with Gasteiger partial charge in [0.2, 0.25) is 0 Å². The van der Waals surface area contributed by atoms with E-state index >= 15 is 0 Å². The van der Waals surface area contributed by atoms with Gasteiger partial charge in [0.15, 0.2) is 0 Å². The molecule has 1 aliphatic heterocycles. The van der Waals surface area contributed by atoms with Crippen LogP contribution in [0.15, 0.2) is 34.2 Å². The van der Waals surface area contributed by atoms with Crippen LogP contribution >= 0.6 is 35.1 Å². The molecule has 4 heteroatoms. The number of rotatable bonds is 1. The van der Waals surface area contributed by atoms with Crippen LogP contribution in [-0.4, -0.2) is 15.7 Å². The number of halogens is 1. The van der Waals surface area contributed by atoms with Crippen LogP contribution in [0.5, 0.6) is 0 Å². The first-order chi connectivity index (χ1) is 7.55. The van der Waals surface area contributed by atoms with Gasteiger partial charge in [0.1, 0.15) is 4.38 Å². The zero-order chi connectivity index (χ0) is 11.6. The van der Waals surface area contributed by atoms with Crippen molar-refractivity contribution >= 4 is 39.5 Å². The van der Waals surface area contributed by atoms with Gasteiger partial charge in [0, 0.05) is 15.7 Å². The SMILES string of the molecule is CC1(C)CCSC(Sc2ccc(Cl)cc2)=N1. The highest BCUT2D eigenvalue weighted by Crippen LogP contribution is 2.34. The molecule has 1 aromatic rings. The van der Waals surface area contributed by atoms with Gasteiger partial charge in [0.25, 0.3) is 0 Å². The normalized spacial score (nSPS) is 19.3. The lowest BCUT2D eigenvalue weighted by molar-refractivity contribution is 0.509. The Morgan fingerprint density at radius 2 is 2.00 bits per heavy atom. The summed E-state index contributed by atoms with van der Waals surface area (Å²) in [7, 11) is 0. The van der Waals surface area contributed by atoms with Gasteiger partial charge in [-0.15, -0.1) is 0 Å². The summed E-state index contributed by atoms with van der Waals surface area (Å²) in [4.78, 5) is 5.94. The van der Waals surface area contributed by atoms with Crippen molar-refractivity contribution in [2.75, 3.05) is 5.75 Å². The Hall–Kier alpha value is -0.120. The van der Waals surface area contributed by atoms with Crippen LogP contribution in [0.25, 0.3) is 0 Å². The molecule has 86 valence electrons. The third-order valence-corrected chi connectivity index (χ3v) is 4.73. The predicted molar refractivity (Wildman–Crippen MR) is 75.9 cm³/mol. The molecule has 0 aromatic heterocycles. The van der Waals surface area contributed by atoms with E-state index in [9.17, 15) is 0 Å². The Bertz CT molecular complexity index is 398. The van der Waals surface area contributed by atoms with Crippen LogP contribution in [0.1, 0.15) is 20.3 Å². The van der Waals surface area contributed by atoms with Gasteiger partial charge in [-0.1, -0.05) is 35.1 Å². The van der Waals surface area contributed by atoms with E-state index in [0.717, 1.165) is 17.2 Å². The first kappa shape index (κ1) is 12.3. The minimum absolute atomic E-state index is 0.0972.